The molecule has 1 aromatic rings. The van der Waals surface area contributed by atoms with Crippen molar-refractivity contribution in [2.75, 3.05) is 26.2 Å². The molecule has 0 saturated carbocycles. The van der Waals surface area contributed by atoms with Crippen LogP contribution >= 0.6 is 27.3 Å². The van der Waals surface area contributed by atoms with E-state index in [0.717, 1.165) is 23.3 Å². The van der Waals surface area contributed by atoms with Crippen LogP contribution in [-0.4, -0.2) is 47.9 Å². The third-order valence-electron chi connectivity index (χ3n) is 4.07. The quantitative estimate of drug-likeness (QED) is 0.833. The topological polar surface area (TPSA) is 49.6 Å². The first-order chi connectivity index (χ1) is 10.1. The molecule has 6 heteroatoms. The molecule has 0 bridgehead atoms. The van der Waals surface area contributed by atoms with Crippen LogP contribution < -0.4 is 5.73 Å². The average molecular weight is 374 g/mol. The molecule has 1 aromatic heterocycles. The smallest absolute Gasteiger partial charge is 0.237 e. The van der Waals surface area contributed by atoms with Gasteiger partial charge in [0.25, 0.3) is 0 Å². The van der Waals surface area contributed by atoms with Crippen molar-refractivity contribution in [3.05, 3.63) is 20.8 Å². The number of likely N-dealkylation sites (tertiary alicyclic amines) is 1. The van der Waals surface area contributed by atoms with E-state index in [1.807, 2.05) is 17.9 Å². The number of carbonyl (C=O) groups is 1. The molecule has 1 amide bonds. The Bertz CT molecular complexity index is 466. The number of carbonyl (C=O) groups excluding carboxylic acids is 1. The first kappa shape index (κ1) is 16.9. The Morgan fingerprint density at radius 3 is 2.95 bits per heavy atom. The Morgan fingerprint density at radius 2 is 2.33 bits per heavy atom. The van der Waals surface area contributed by atoms with Crippen LogP contribution in [0.5, 0.6) is 0 Å². The number of hydrogen-bond donors (Lipinski definition) is 1. The molecule has 2 heterocycles. The zero-order chi connectivity index (χ0) is 15.2. The van der Waals surface area contributed by atoms with E-state index in [2.05, 4.69) is 26.9 Å². The Kier molecular flexibility index (Phi) is 6.67. The van der Waals surface area contributed by atoms with E-state index in [4.69, 9.17) is 5.73 Å². The molecule has 0 aromatic carbocycles. The Balaban J connectivity index is 1.92. The summed E-state index contributed by atoms with van der Waals surface area (Å²) in [4.78, 5) is 18.0. The monoisotopic (exact) mass is 373 g/mol. The molecule has 1 aliphatic rings. The second-order valence-electron chi connectivity index (χ2n) is 5.47. The third kappa shape index (κ3) is 4.77. The van der Waals surface area contributed by atoms with E-state index in [0.29, 0.717) is 25.7 Å². The molecule has 21 heavy (non-hydrogen) atoms. The van der Waals surface area contributed by atoms with E-state index in [9.17, 15) is 4.79 Å². The van der Waals surface area contributed by atoms with Crippen LogP contribution in [0.25, 0.3) is 0 Å². The summed E-state index contributed by atoms with van der Waals surface area (Å²) in [7, 11) is 0. The lowest BCUT2D eigenvalue weighted by Gasteiger charge is -2.35. The minimum absolute atomic E-state index is 0.211. The van der Waals surface area contributed by atoms with Crippen LogP contribution in [0.2, 0.25) is 0 Å². The molecule has 4 nitrogen and oxygen atoms in total. The van der Waals surface area contributed by atoms with Crippen molar-refractivity contribution >= 4 is 33.2 Å². The van der Waals surface area contributed by atoms with Gasteiger partial charge in [-0.3, -0.25) is 9.69 Å². The van der Waals surface area contributed by atoms with Gasteiger partial charge in [-0.05, 0) is 54.4 Å². The summed E-state index contributed by atoms with van der Waals surface area (Å²) in [6, 6.07) is 4.49. The van der Waals surface area contributed by atoms with E-state index in [1.54, 1.807) is 11.3 Å². The van der Waals surface area contributed by atoms with Gasteiger partial charge in [0.2, 0.25) is 5.91 Å². The van der Waals surface area contributed by atoms with Crippen LogP contribution in [0, 0.1) is 0 Å². The molecule has 118 valence electrons. The summed E-state index contributed by atoms with van der Waals surface area (Å²) in [6.07, 6.45) is 3.52. The number of thiophene rings is 1. The van der Waals surface area contributed by atoms with Gasteiger partial charge < -0.3 is 10.6 Å². The lowest BCUT2D eigenvalue weighted by Crippen LogP contribution is -2.49. The van der Waals surface area contributed by atoms with E-state index < -0.39 is 0 Å². The van der Waals surface area contributed by atoms with Gasteiger partial charge in [0.05, 0.1) is 16.9 Å². The van der Waals surface area contributed by atoms with Crippen molar-refractivity contribution in [1.82, 2.24) is 9.80 Å². The van der Waals surface area contributed by atoms with Crippen LogP contribution in [0.4, 0.5) is 0 Å². The number of rotatable bonds is 6. The highest BCUT2D eigenvalue weighted by molar-refractivity contribution is 9.11. The van der Waals surface area contributed by atoms with Gasteiger partial charge in [-0.1, -0.05) is 6.42 Å². The van der Waals surface area contributed by atoms with Gasteiger partial charge in [-0.25, -0.2) is 0 Å². The highest BCUT2D eigenvalue weighted by Gasteiger charge is 2.25. The van der Waals surface area contributed by atoms with E-state index in [-0.39, 0.29) is 5.91 Å². The molecule has 0 spiro atoms. The molecule has 1 fully saturated rings. The number of likely N-dealkylation sites (N-methyl/N-ethyl adjacent to an activating group) is 1. The second kappa shape index (κ2) is 8.27. The number of amides is 1. The van der Waals surface area contributed by atoms with Crippen LogP contribution in [0.1, 0.15) is 31.1 Å². The van der Waals surface area contributed by atoms with Gasteiger partial charge in [0, 0.05) is 24.0 Å². The average Bonchev–Trinajstić information content (AvgIpc) is 2.90. The fraction of sp³-hybridized carbons (Fsp3) is 0.667. The number of halogens is 1. The molecule has 1 atom stereocenters. The lowest BCUT2D eigenvalue weighted by molar-refractivity contribution is -0.133. The molecular formula is C15H24BrN3OS. The minimum Gasteiger partial charge on any atom is -0.337 e. The van der Waals surface area contributed by atoms with Crippen molar-refractivity contribution in [2.45, 2.75) is 38.8 Å². The molecule has 1 saturated heterocycles. The Labute approximate surface area is 139 Å². The summed E-state index contributed by atoms with van der Waals surface area (Å²) in [5, 5.41) is 0. The van der Waals surface area contributed by atoms with Gasteiger partial charge in [0.1, 0.15) is 0 Å². The van der Waals surface area contributed by atoms with Crippen molar-refractivity contribution in [1.29, 1.82) is 0 Å². The molecule has 2 rings (SSSR count). The minimum atomic E-state index is 0.211. The van der Waals surface area contributed by atoms with Crippen LogP contribution in [-0.2, 0) is 11.3 Å². The highest BCUT2D eigenvalue weighted by Crippen LogP contribution is 2.23. The molecule has 1 unspecified atom stereocenters. The molecule has 1 aliphatic heterocycles. The van der Waals surface area contributed by atoms with Gasteiger partial charge in [-0.2, -0.15) is 0 Å². The molecule has 0 aliphatic carbocycles. The predicted octanol–water partition coefficient (Wildman–Crippen LogP) is 2.67. The molecular weight excluding hydrogens is 350 g/mol. The number of nitrogens with zero attached hydrogens (tertiary/aromatic N) is 2. The summed E-state index contributed by atoms with van der Waals surface area (Å²) >= 11 is 5.16. The zero-order valence-electron chi connectivity index (χ0n) is 12.6. The van der Waals surface area contributed by atoms with E-state index >= 15 is 0 Å². The normalized spacial score (nSPS) is 19.7. The van der Waals surface area contributed by atoms with E-state index in [1.165, 1.54) is 17.7 Å². The van der Waals surface area contributed by atoms with Crippen LogP contribution in [0.3, 0.4) is 0 Å². The van der Waals surface area contributed by atoms with Crippen molar-refractivity contribution in [3.63, 3.8) is 0 Å². The summed E-state index contributed by atoms with van der Waals surface area (Å²) in [6.45, 7) is 5.63. The fourth-order valence-corrected chi connectivity index (χ4v) is 4.31. The highest BCUT2D eigenvalue weighted by atomic mass is 79.9. The van der Waals surface area contributed by atoms with Crippen molar-refractivity contribution in [2.24, 2.45) is 5.73 Å². The van der Waals surface area contributed by atoms with Crippen molar-refractivity contribution in [3.8, 4) is 0 Å². The first-order valence-electron chi connectivity index (χ1n) is 7.60. The fourth-order valence-electron chi connectivity index (χ4n) is 2.81. The summed E-state index contributed by atoms with van der Waals surface area (Å²) < 4.78 is 1.11. The number of hydrogen-bond acceptors (Lipinski definition) is 4. The standard InChI is InChI=1S/C15H24BrN3OS/c1-2-18(10-13-6-7-14(16)21-13)15(20)11-19-8-4-3-5-12(19)9-17/h6-7,12H,2-5,8-11,17H2,1H3. The third-order valence-corrected chi connectivity index (χ3v) is 5.68. The summed E-state index contributed by atoms with van der Waals surface area (Å²) in [5.41, 5.74) is 5.83. The molecule has 0 radical (unpaired) electrons. The first-order valence-corrected chi connectivity index (χ1v) is 9.21. The van der Waals surface area contributed by atoms with Crippen LogP contribution in [0.15, 0.2) is 15.9 Å². The number of nitrogens with two attached hydrogens (primary N) is 1. The summed E-state index contributed by atoms with van der Waals surface area (Å²) in [5.74, 6) is 0.211. The second-order valence-corrected chi connectivity index (χ2v) is 8.02. The Morgan fingerprint density at radius 1 is 1.52 bits per heavy atom. The maximum atomic E-state index is 12.6. The number of piperidine rings is 1. The Hall–Kier alpha value is -0.430. The zero-order valence-corrected chi connectivity index (χ0v) is 15.0. The van der Waals surface area contributed by atoms with Gasteiger partial charge in [-0.15, -0.1) is 11.3 Å². The largest absolute Gasteiger partial charge is 0.337 e. The van der Waals surface area contributed by atoms with Crippen molar-refractivity contribution < 1.29 is 4.79 Å². The predicted molar refractivity (Wildman–Crippen MR) is 91.4 cm³/mol. The SMILES string of the molecule is CCN(Cc1ccc(Br)s1)C(=O)CN1CCCCC1CN. The molecule has 2 N–H and O–H groups in total. The maximum Gasteiger partial charge on any atom is 0.237 e. The lowest BCUT2D eigenvalue weighted by atomic mass is 10.0. The van der Waals surface area contributed by atoms with Gasteiger partial charge in [0.15, 0.2) is 0 Å². The maximum absolute atomic E-state index is 12.6. The van der Waals surface area contributed by atoms with Gasteiger partial charge >= 0.3 is 0 Å².